The van der Waals surface area contributed by atoms with E-state index in [2.05, 4.69) is 24.2 Å². The van der Waals surface area contributed by atoms with Gasteiger partial charge in [-0.25, -0.2) is 0 Å². The highest BCUT2D eigenvalue weighted by atomic mass is 16.5. The SMILES string of the molecule is CNC(C)CCCCN(C)CCOCC1CC1. The van der Waals surface area contributed by atoms with Crippen molar-refractivity contribution >= 4 is 0 Å². The molecule has 0 heterocycles. The molecule has 0 spiro atoms. The van der Waals surface area contributed by atoms with E-state index in [-0.39, 0.29) is 0 Å². The highest BCUT2D eigenvalue weighted by Crippen LogP contribution is 2.28. The minimum Gasteiger partial charge on any atom is -0.380 e. The van der Waals surface area contributed by atoms with Crippen molar-refractivity contribution in [3.63, 3.8) is 0 Å². The van der Waals surface area contributed by atoms with E-state index in [0.717, 1.165) is 25.7 Å². The average molecular weight is 242 g/mol. The van der Waals surface area contributed by atoms with Gasteiger partial charge in [-0.15, -0.1) is 0 Å². The van der Waals surface area contributed by atoms with Crippen molar-refractivity contribution in [1.82, 2.24) is 10.2 Å². The van der Waals surface area contributed by atoms with Crippen LogP contribution in [-0.2, 0) is 4.74 Å². The van der Waals surface area contributed by atoms with E-state index in [0.29, 0.717) is 6.04 Å². The smallest absolute Gasteiger partial charge is 0.0593 e. The van der Waals surface area contributed by atoms with Crippen LogP contribution in [0.15, 0.2) is 0 Å². The first-order valence-corrected chi connectivity index (χ1v) is 7.16. The predicted octanol–water partition coefficient (Wildman–Crippen LogP) is 2.12. The van der Waals surface area contributed by atoms with Crippen molar-refractivity contribution in [3.05, 3.63) is 0 Å². The first kappa shape index (κ1) is 14.9. The van der Waals surface area contributed by atoms with Crippen LogP contribution in [0.4, 0.5) is 0 Å². The molecule has 1 fully saturated rings. The average Bonchev–Trinajstić information content (AvgIpc) is 3.14. The van der Waals surface area contributed by atoms with Crippen LogP contribution in [0.2, 0.25) is 0 Å². The van der Waals surface area contributed by atoms with Gasteiger partial charge >= 0.3 is 0 Å². The van der Waals surface area contributed by atoms with Crippen molar-refractivity contribution in [2.24, 2.45) is 5.92 Å². The molecule has 1 rings (SSSR count). The fraction of sp³-hybridized carbons (Fsp3) is 1.00. The lowest BCUT2D eigenvalue weighted by Gasteiger charge is -2.17. The van der Waals surface area contributed by atoms with Crippen LogP contribution in [0.5, 0.6) is 0 Å². The van der Waals surface area contributed by atoms with Gasteiger partial charge in [-0.3, -0.25) is 0 Å². The van der Waals surface area contributed by atoms with Crippen LogP contribution >= 0.6 is 0 Å². The molecule has 0 aromatic carbocycles. The van der Waals surface area contributed by atoms with Crippen molar-refractivity contribution < 1.29 is 4.74 Å². The lowest BCUT2D eigenvalue weighted by Crippen LogP contribution is -2.25. The van der Waals surface area contributed by atoms with Gasteiger partial charge in [-0.1, -0.05) is 6.42 Å². The highest BCUT2D eigenvalue weighted by molar-refractivity contribution is 4.72. The summed E-state index contributed by atoms with van der Waals surface area (Å²) in [5, 5.41) is 3.28. The Bertz CT molecular complexity index is 183. The number of nitrogens with zero attached hydrogens (tertiary/aromatic N) is 1. The minimum atomic E-state index is 0.655. The van der Waals surface area contributed by atoms with Crippen LogP contribution in [-0.4, -0.2) is 51.3 Å². The maximum absolute atomic E-state index is 5.64. The molecule has 3 nitrogen and oxygen atoms in total. The minimum absolute atomic E-state index is 0.655. The summed E-state index contributed by atoms with van der Waals surface area (Å²) in [5.41, 5.74) is 0. The number of likely N-dealkylation sites (N-methyl/N-ethyl adjacent to an activating group) is 1. The van der Waals surface area contributed by atoms with Crippen molar-refractivity contribution in [2.45, 2.75) is 45.1 Å². The second-order valence-electron chi connectivity index (χ2n) is 5.51. The second-order valence-corrected chi connectivity index (χ2v) is 5.51. The summed E-state index contributed by atoms with van der Waals surface area (Å²) in [7, 11) is 4.23. The molecular formula is C14H30N2O. The molecule has 0 amide bonds. The van der Waals surface area contributed by atoms with Gasteiger partial charge in [0.1, 0.15) is 0 Å². The third kappa shape index (κ3) is 8.58. The lowest BCUT2D eigenvalue weighted by atomic mass is 10.1. The summed E-state index contributed by atoms with van der Waals surface area (Å²) < 4.78 is 5.64. The van der Waals surface area contributed by atoms with E-state index in [4.69, 9.17) is 4.74 Å². The molecule has 3 heteroatoms. The maximum Gasteiger partial charge on any atom is 0.0593 e. The summed E-state index contributed by atoms with van der Waals surface area (Å²) >= 11 is 0. The molecule has 0 saturated heterocycles. The topological polar surface area (TPSA) is 24.5 Å². The number of nitrogens with one attached hydrogen (secondary N) is 1. The summed E-state index contributed by atoms with van der Waals surface area (Å²) in [6, 6.07) is 0.655. The molecule has 0 radical (unpaired) electrons. The standard InChI is InChI=1S/C14H30N2O/c1-13(15-2)6-4-5-9-16(3)10-11-17-12-14-7-8-14/h13-15H,4-12H2,1-3H3. The molecule has 1 saturated carbocycles. The molecule has 1 unspecified atom stereocenters. The fourth-order valence-electron chi connectivity index (χ4n) is 1.84. The molecule has 1 N–H and O–H groups in total. The fourth-order valence-corrected chi connectivity index (χ4v) is 1.84. The third-order valence-electron chi connectivity index (χ3n) is 3.59. The van der Waals surface area contributed by atoms with Gasteiger partial charge in [0.2, 0.25) is 0 Å². The molecule has 0 aromatic rings. The van der Waals surface area contributed by atoms with Gasteiger partial charge in [0.15, 0.2) is 0 Å². The van der Waals surface area contributed by atoms with E-state index in [9.17, 15) is 0 Å². The van der Waals surface area contributed by atoms with Gasteiger partial charge in [0.05, 0.1) is 6.61 Å². The monoisotopic (exact) mass is 242 g/mol. The Kier molecular flexibility index (Phi) is 7.82. The quantitative estimate of drug-likeness (QED) is 0.562. The summed E-state index contributed by atoms with van der Waals surface area (Å²) in [4.78, 5) is 2.39. The zero-order valence-electron chi connectivity index (χ0n) is 11.9. The van der Waals surface area contributed by atoms with E-state index in [1.54, 1.807) is 0 Å². The Labute approximate surface area is 107 Å². The summed E-state index contributed by atoms with van der Waals surface area (Å²) in [6.07, 6.45) is 6.67. The zero-order chi connectivity index (χ0) is 12.5. The third-order valence-corrected chi connectivity index (χ3v) is 3.59. The van der Waals surface area contributed by atoms with Crippen LogP contribution in [0, 0.1) is 5.92 Å². The normalized spacial score (nSPS) is 17.6. The van der Waals surface area contributed by atoms with Crippen LogP contribution in [0.1, 0.15) is 39.0 Å². The number of hydrogen-bond acceptors (Lipinski definition) is 3. The van der Waals surface area contributed by atoms with Gasteiger partial charge in [0, 0.05) is 19.2 Å². The Hall–Kier alpha value is -0.120. The van der Waals surface area contributed by atoms with E-state index < -0.39 is 0 Å². The Balaban J connectivity index is 1.81. The van der Waals surface area contributed by atoms with Crippen molar-refractivity contribution in [1.29, 1.82) is 0 Å². The first-order chi connectivity index (χ1) is 8.22. The molecule has 0 aliphatic heterocycles. The molecule has 17 heavy (non-hydrogen) atoms. The molecule has 1 atom stereocenters. The van der Waals surface area contributed by atoms with E-state index >= 15 is 0 Å². The zero-order valence-corrected chi connectivity index (χ0v) is 11.9. The molecular weight excluding hydrogens is 212 g/mol. The molecule has 1 aliphatic carbocycles. The second kappa shape index (κ2) is 8.90. The molecule has 0 aromatic heterocycles. The van der Waals surface area contributed by atoms with Crippen molar-refractivity contribution in [3.8, 4) is 0 Å². The van der Waals surface area contributed by atoms with E-state index in [1.807, 2.05) is 7.05 Å². The van der Waals surface area contributed by atoms with Gasteiger partial charge < -0.3 is 15.0 Å². The predicted molar refractivity (Wildman–Crippen MR) is 73.4 cm³/mol. The first-order valence-electron chi connectivity index (χ1n) is 7.16. The molecule has 102 valence electrons. The summed E-state index contributed by atoms with van der Waals surface area (Å²) in [6.45, 7) is 6.42. The molecule has 1 aliphatic rings. The van der Waals surface area contributed by atoms with Gasteiger partial charge in [0.25, 0.3) is 0 Å². The van der Waals surface area contributed by atoms with Crippen LogP contribution < -0.4 is 5.32 Å². The maximum atomic E-state index is 5.64. The van der Waals surface area contributed by atoms with Crippen LogP contribution in [0.3, 0.4) is 0 Å². The Morgan fingerprint density at radius 1 is 1.29 bits per heavy atom. The van der Waals surface area contributed by atoms with Crippen LogP contribution in [0.25, 0.3) is 0 Å². The van der Waals surface area contributed by atoms with E-state index in [1.165, 1.54) is 38.6 Å². The number of unbranched alkanes of at least 4 members (excludes halogenated alkanes) is 1. The number of ether oxygens (including phenoxy) is 1. The number of hydrogen-bond donors (Lipinski definition) is 1. The van der Waals surface area contributed by atoms with Gasteiger partial charge in [-0.2, -0.15) is 0 Å². The molecule has 0 bridgehead atoms. The lowest BCUT2D eigenvalue weighted by molar-refractivity contribution is 0.103. The van der Waals surface area contributed by atoms with Crippen molar-refractivity contribution in [2.75, 3.05) is 40.4 Å². The Morgan fingerprint density at radius 2 is 2.06 bits per heavy atom. The summed E-state index contributed by atoms with van der Waals surface area (Å²) in [5.74, 6) is 0.892. The highest BCUT2D eigenvalue weighted by Gasteiger charge is 2.20. The number of rotatable bonds is 11. The Morgan fingerprint density at radius 3 is 2.71 bits per heavy atom. The largest absolute Gasteiger partial charge is 0.380 e. The van der Waals surface area contributed by atoms with Gasteiger partial charge in [-0.05, 0) is 59.2 Å².